The zero-order valence-corrected chi connectivity index (χ0v) is 14.3. The van der Waals surface area contributed by atoms with Crippen molar-refractivity contribution in [1.82, 2.24) is 20.3 Å². The van der Waals surface area contributed by atoms with Crippen LogP contribution in [0.15, 0.2) is 53.1 Å². The van der Waals surface area contributed by atoms with Crippen LogP contribution in [0.25, 0.3) is 11.5 Å². The molecule has 3 heterocycles. The second-order valence-electron chi connectivity index (χ2n) is 6.30. The summed E-state index contributed by atoms with van der Waals surface area (Å²) in [6.45, 7) is 1.47. The molecule has 0 aliphatic carbocycles. The fourth-order valence-electron chi connectivity index (χ4n) is 3.03. The van der Waals surface area contributed by atoms with Gasteiger partial charge in [0.05, 0.1) is 7.11 Å². The molecule has 7 nitrogen and oxygen atoms in total. The van der Waals surface area contributed by atoms with Crippen LogP contribution in [0.5, 0.6) is 5.88 Å². The van der Waals surface area contributed by atoms with E-state index in [2.05, 4.69) is 27.5 Å². The number of hydrogen-bond acceptors (Lipinski definition) is 6. The van der Waals surface area contributed by atoms with Gasteiger partial charge in [-0.3, -0.25) is 4.79 Å². The third-order valence-corrected chi connectivity index (χ3v) is 4.44. The Labute approximate surface area is 150 Å². The molecule has 1 aliphatic heterocycles. The van der Waals surface area contributed by atoms with E-state index in [-0.39, 0.29) is 11.6 Å². The number of carbonyl (C=O) groups is 1. The van der Waals surface area contributed by atoms with Crippen molar-refractivity contribution in [2.24, 2.45) is 5.92 Å². The molecule has 1 amide bonds. The first-order valence-corrected chi connectivity index (χ1v) is 8.41. The Bertz CT molecular complexity index is 887. The van der Waals surface area contributed by atoms with Gasteiger partial charge in [0.25, 0.3) is 5.91 Å². The normalized spacial score (nSPS) is 14.1. The van der Waals surface area contributed by atoms with Gasteiger partial charge in [0.2, 0.25) is 5.88 Å². The first-order valence-electron chi connectivity index (χ1n) is 8.41. The summed E-state index contributed by atoms with van der Waals surface area (Å²) in [5.41, 5.74) is 2.09. The molecule has 0 N–H and O–H groups in total. The van der Waals surface area contributed by atoms with Gasteiger partial charge in [-0.1, -0.05) is 35.5 Å². The minimum absolute atomic E-state index is 0.120. The molecule has 26 heavy (non-hydrogen) atoms. The standard InChI is InChI=1S/C19H18N4O3/c1-25-18-8-7-15(20-21-18)17-10-16(22-26-17)19(24)23-11-14(12-23)9-13-5-3-2-4-6-13/h2-8,10,14H,9,11-12H2,1H3. The molecule has 0 saturated carbocycles. The van der Waals surface area contributed by atoms with Crippen LogP contribution in [0, 0.1) is 5.92 Å². The van der Waals surface area contributed by atoms with Gasteiger partial charge in [-0.05, 0) is 24.0 Å². The molecular weight excluding hydrogens is 332 g/mol. The van der Waals surface area contributed by atoms with Crippen molar-refractivity contribution in [2.45, 2.75) is 6.42 Å². The molecule has 0 atom stereocenters. The largest absolute Gasteiger partial charge is 0.480 e. The van der Waals surface area contributed by atoms with Gasteiger partial charge in [0, 0.05) is 25.2 Å². The number of benzene rings is 1. The molecule has 1 aromatic carbocycles. The van der Waals surface area contributed by atoms with Crippen LogP contribution < -0.4 is 4.74 Å². The Morgan fingerprint density at radius 2 is 2.00 bits per heavy atom. The van der Waals surface area contributed by atoms with Gasteiger partial charge < -0.3 is 14.2 Å². The number of methoxy groups -OCH3 is 1. The number of aromatic nitrogens is 3. The van der Waals surface area contributed by atoms with Gasteiger partial charge in [0.15, 0.2) is 11.5 Å². The lowest BCUT2D eigenvalue weighted by Gasteiger charge is -2.38. The quantitative estimate of drug-likeness (QED) is 0.703. The van der Waals surface area contributed by atoms with E-state index in [1.807, 2.05) is 18.2 Å². The van der Waals surface area contributed by atoms with Crippen LogP contribution >= 0.6 is 0 Å². The summed E-state index contributed by atoms with van der Waals surface area (Å²) >= 11 is 0. The molecule has 3 aromatic rings. The van der Waals surface area contributed by atoms with Gasteiger partial charge in [-0.25, -0.2) is 0 Å². The summed E-state index contributed by atoms with van der Waals surface area (Å²) in [5, 5.41) is 11.8. The summed E-state index contributed by atoms with van der Waals surface area (Å²) in [6, 6.07) is 15.3. The molecule has 132 valence electrons. The number of amides is 1. The first-order chi connectivity index (χ1) is 12.7. The maximum absolute atomic E-state index is 12.5. The van der Waals surface area contributed by atoms with Crippen molar-refractivity contribution < 1.29 is 14.1 Å². The molecule has 7 heteroatoms. The molecule has 1 fully saturated rings. The van der Waals surface area contributed by atoms with E-state index in [1.54, 1.807) is 23.1 Å². The summed E-state index contributed by atoms with van der Waals surface area (Å²) in [5.74, 6) is 1.19. The summed E-state index contributed by atoms with van der Waals surface area (Å²) in [7, 11) is 1.52. The highest BCUT2D eigenvalue weighted by Gasteiger charge is 2.32. The third kappa shape index (κ3) is 3.28. The van der Waals surface area contributed by atoms with Gasteiger partial charge in [-0.15, -0.1) is 10.2 Å². The lowest BCUT2D eigenvalue weighted by molar-refractivity contribution is 0.0491. The zero-order chi connectivity index (χ0) is 17.9. The van der Waals surface area contributed by atoms with E-state index in [9.17, 15) is 4.79 Å². The average molecular weight is 350 g/mol. The highest BCUT2D eigenvalue weighted by atomic mass is 16.5. The minimum atomic E-state index is -0.120. The minimum Gasteiger partial charge on any atom is -0.480 e. The van der Waals surface area contributed by atoms with E-state index in [0.717, 1.165) is 19.5 Å². The number of likely N-dealkylation sites (tertiary alicyclic amines) is 1. The lowest BCUT2D eigenvalue weighted by Crippen LogP contribution is -2.50. The fourth-order valence-corrected chi connectivity index (χ4v) is 3.03. The molecule has 1 saturated heterocycles. The molecule has 4 rings (SSSR count). The van der Waals surface area contributed by atoms with Gasteiger partial charge >= 0.3 is 0 Å². The molecule has 1 aliphatic rings. The Morgan fingerprint density at radius 1 is 1.19 bits per heavy atom. The van der Waals surface area contributed by atoms with Crippen molar-refractivity contribution in [3.8, 4) is 17.3 Å². The van der Waals surface area contributed by atoms with Gasteiger partial charge in [-0.2, -0.15) is 0 Å². The van der Waals surface area contributed by atoms with E-state index in [1.165, 1.54) is 12.7 Å². The van der Waals surface area contributed by atoms with Crippen LogP contribution in [-0.2, 0) is 6.42 Å². The van der Waals surface area contributed by atoms with Crippen LogP contribution in [0.3, 0.4) is 0 Å². The maximum atomic E-state index is 12.5. The topological polar surface area (TPSA) is 81.4 Å². The van der Waals surface area contributed by atoms with Crippen LogP contribution in [0.1, 0.15) is 16.1 Å². The molecule has 0 bridgehead atoms. The second kappa shape index (κ2) is 6.95. The smallest absolute Gasteiger partial charge is 0.276 e. The number of ether oxygens (including phenoxy) is 1. The number of hydrogen-bond donors (Lipinski definition) is 0. The monoisotopic (exact) mass is 350 g/mol. The Kier molecular flexibility index (Phi) is 4.35. The van der Waals surface area contributed by atoms with Crippen LogP contribution in [0.2, 0.25) is 0 Å². The molecule has 0 unspecified atom stereocenters. The van der Waals surface area contributed by atoms with Crippen molar-refractivity contribution in [2.75, 3.05) is 20.2 Å². The first kappa shape index (κ1) is 16.3. The Hall–Kier alpha value is -3.22. The summed E-state index contributed by atoms with van der Waals surface area (Å²) in [4.78, 5) is 14.3. The zero-order valence-electron chi connectivity index (χ0n) is 14.3. The van der Waals surface area contributed by atoms with Crippen LogP contribution in [-0.4, -0.2) is 46.4 Å². The Morgan fingerprint density at radius 3 is 2.69 bits per heavy atom. The molecular formula is C19H18N4O3. The molecule has 2 aromatic heterocycles. The second-order valence-corrected chi connectivity index (χ2v) is 6.30. The van der Waals surface area contributed by atoms with E-state index >= 15 is 0 Å². The third-order valence-electron chi connectivity index (χ3n) is 4.44. The van der Waals surface area contributed by atoms with Crippen molar-refractivity contribution in [1.29, 1.82) is 0 Å². The average Bonchev–Trinajstić information content (AvgIpc) is 3.15. The Balaban J connectivity index is 1.37. The number of carbonyl (C=O) groups excluding carboxylic acids is 1. The van der Waals surface area contributed by atoms with E-state index in [4.69, 9.17) is 9.26 Å². The summed E-state index contributed by atoms with van der Waals surface area (Å²) in [6.07, 6.45) is 0.982. The molecule has 0 radical (unpaired) electrons. The lowest BCUT2D eigenvalue weighted by atomic mass is 9.92. The fraction of sp³-hybridized carbons (Fsp3) is 0.263. The highest BCUT2D eigenvalue weighted by molar-refractivity contribution is 5.93. The summed E-state index contributed by atoms with van der Waals surface area (Å²) < 4.78 is 10.2. The van der Waals surface area contributed by atoms with Crippen molar-refractivity contribution in [3.05, 3.63) is 59.8 Å². The van der Waals surface area contributed by atoms with E-state index in [0.29, 0.717) is 23.3 Å². The predicted octanol–water partition coefficient (Wildman–Crippen LogP) is 2.45. The van der Waals surface area contributed by atoms with Gasteiger partial charge in [0.1, 0.15) is 5.69 Å². The van der Waals surface area contributed by atoms with E-state index < -0.39 is 0 Å². The number of rotatable bonds is 5. The predicted molar refractivity (Wildman–Crippen MR) is 93.6 cm³/mol. The van der Waals surface area contributed by atoms with Crippen LogP contribution in [0.4, 0.5) is 0 Å². The maximum Gasteiger partial charge on any atom is 0.276 e. The highest BCUT2D eigenvalue weighted by Crippen LogP contribution is 2.24. The molecule has 0 spiro atoms. The SMILES string of the molecule is COc1ccc(-c2cc(C(=O)N3CC(Cc4ccccc4)C3)no2)nn1. The van der Waals surface area contributed by atoms with Crippen molar-refractivity contribution >= 4 is 5.91 Å². The number of nitrogens with zero attached hydrogens (tertiary/aromatic N) is 4. The van der Waals surface area contributed by atoms with Crippen molar-refractivity contribution in [3.63, 3.8) is 0 Å².